The predicted octanol–water partition coefficient (Wildman–Crippen LogP) is 1.03. The molecule has 2 heterocycles. The fourth-order valence-electron chi connectivity index (χ4n) is 2.71. The molecule has 0 aromatic heterocycles. The Morgan fingerprint density at radius 3 is 2.87 bits per heavy atom. The molecule has 0 bridgehead atoms. The largest absolute Gasteiger partial charge is 0.393 e. The van der Waals surface area contributed by atoms with Crippen LogP contribution in [0.2, 0.25) is 0 Å². The number of piperidine rings is 1. The van der Waals surface area contributed by atoms with Crippen molar-refractivity contribution in [3.63, 3.8) is 0 Å². The molecular weight excluding hydrogens is 190 g/mol. The van der Waals surface area contributed by atoms with Crippen LogP contribution in [-0.4, -0.2) is 48.0 Å². The molecule has 0 aliphatic carbocycles. The van der Waals surface area contributed by atoms with Crippen molar-refractivity contribution in [2.75, 3.05) is 20.2 Å². The second-order valence-electron chi connectivity index (χ2n) is 5.05. The number of rotatable bonds is 1. The minimum atomic E-state index is -0.126. The van der Waals surface area contributed by atoms with E-state index in [1.54, 1.807) is 0 Å². The summed E-state index contributed by atoms with van der Waals surface area (Å²) in [4.78, 5) is 2.37. The van der Waals surface area contributed by atoms with Gasteiger partial charge in [-0.05, 0) is 20.4 Å². The van der Waals surface area contributed by atoms with E-state index in [2.05, 4.69) is 31.9 Å². The highest BCUT2D eigenvalue weighted by Gasteiger charge is 2.45. The molecule has 0 aromatic carbocycles. The molecule has 2 aliphatic heterocycles. The topological polar surface area (TPSA) is 32.7 Å². The van der Waals surface area contributed by atoms with Gasteiger partial charge in [-0.15, -0.1) is 0 Å². The average Bonchev–Trinajstić information content (AvgIpc) is 2.60. The van der Waals surface area contributed by atoms with Crippen LogP contribution >= 0.6 is 0 Å². The van der Waals surface area contributed by atoms with Crippen molar-refractivity contribution in [3.05, 3.63) is 12.2 Å². The van der Waals surface area contributed by atoms with E-state index < -0.39 is 0 Å². The summed E-state index contributed by atoms with van der Waals surface area (Å²) in [5, 5.41) is 9.10. The van der Waals surface area contributed by atoms with Crippen LogP contribution in [0.3, 0.4) is 0 Å². The number of likely N-dealkylation sites (tertiary alicyclic amines) is 1. The van der Waals surface area contributed by atoms with Crippen LogP contribution in [0.15, 0.2) is 12.2 Å². The number of hydrogen-bond donors (Lipinski definition) is 1. The first-order valence-electron chi connectivity index (χ1n) is 5.75. The van der Waals surface area contributed by atoms with E-state index in [-0.39, 0.29) is 18.3 Å². The van der Waals surface area contributed by atoms with Gasteiger partial charge in [0, 0.05) is 18.5 Å². The molecule has 1 fully saturated rings. The van der Waals surface area contributed by atoms with E-state index in [9.17, 15) is 0 Å². The van der Waals surface area contributed by atoms with Gasteiger partial charge < -0.3 is 14.7 Å². The highest BCUT2D eigenvalue weighted by Crippen LogP contribution is 2.39. The lowest BCUT2D eigenvalue weighted by Gasteiger charge is -2.46. The summed E-state index contributed by atoms with van der Waals surface area (Å²) < 4.78 is 5.98. The van der Waals surface area contributed by atoms with Crippen molar-refractivity contribution in [1.29, 1.82) is 0 Å². The van der Waals surface area contributed by atoms with E-state index in [4.69, 9.17) is 9.84 Å². The molecule has 1 unspecified atom stereocenters. The van der Waals surface area contributed by atoms with Gasteiger partial charge in [-0.1, -0.05) is 19.1 Å². The van der Waals surface area contributed by atoms with Gasteiger partial charge in [-0.3, -0.25) is 0 Å². The molecule has 1 saturated heterocycles. The van der Waals surface area contributed by atoms with Gasteiger partial charge in [0.05, 0.1) is 18.3 Å². The SMILES string of the molecule is C[C@@H]1C[C@@]2(C=CC(CO)O2)[C@@H](C)CN1C. The minimum Gasteiger partial charge on any atom is -0.393 e. The van der Waals surface area contributed by atoms with Crippen molar-refractivity contribution in [3.8, 4) is 0 Å². The van der Waals surface area contributed by atoms with Crippen molar-refractivity contribution >= 4 is 0 Å². The molecule has 15 heavy (non-hydrogen) atoms. The Morgan fingerprint density at radius 1 is 1.53 bits per heavy atom. The van der Waals surface area contributed by atoms with E-state index in [1.165, 1.54) is 0 Å². The van der Waals surface area contributed by atoms with Gasteiger partial charge in [0.25, 0.3) is 0 Å². The lowest BCUT2D eigenvalue weighted by molar-refractivity contribution is -0.112. The Kier molecular flexibility index (Phi) is 2.88. The maximum Gasteiger partial charge on any atom is 0.0999 e. The monoisotopic (exact) mass is 211 g/mol. The van der Waals surface area contributed by atoms with Crippen LogP contribution in [0, 0.1) is 5.92 Å². The zero-order chi connectivity index (χ0) is 11.1. The molecule has 1 spiro atoms. The summed E-state index contributed by atoms with van der Waals surface area (Å²) >= 11 is 0. The Balaban J connectivity index is 2.12. The van der Waals surface area contributed by atoms with Crippen LogP contribution in [0.5, 0.6) is 0 Å². The zero-order valence-corrected chi connectivity index (χ0v) is 9.81. The van der Waals surface area contributed by atoms with Gasteiger partial charge in [0.15, 0.2) is 0 Å². The molecule has 3 nitrogen and oxygen atoms in total. The molecule has 1 N–H and O–H groups in total. The van der Waals surface area contributed by atoms with Gasteiger partial charge in [-0.2, -0.15) is 0 Å². The molecular formula is C12H21NO2. The maximum absolute atomic E-state index is 9.10. The molecule has 4 atom stereocenters. The minimum absolute atomic E-state index is 0.0925. The first kappa shape index (κ1) is 11.1. The van der Waals surface area contributed by atoms with Gasteiger partial charge in [0.1, 0.15) is 0 Å². The fraction of sp³-hybridized carbons (Fsp3) is 0.833. The predicted molar refractivity (Wildman–Crippen MR) is 59.7 cm³/mol. The van der Waals surface area contributed by atoms with Gasteiger partial charge in [-0.25, -0.2) is 0 Å². The van der Waals surface area contributed by atoms with Crippen molar-refractivity contribution in [2.24, 2.45) is 5.92 Å². The van der Waals surface area contributed by atoms with Crippen LogP contribution in [-0.2, 0) is 4.74 Å². The van der Waals surface area contributed by atoms with Crippen molar-refractivity contribution in [2.45, 2.75) is 38.0 Å². The van der Waals surface area contributed by atoms with Gasteiger partial charge in [0.2, 0.25) is 0 Å². The molecule has 2 rings (SSSR count). The first-order chi connectivity index (χ1) is 7.07. The quantitative estimate of drug-likeness (QED) is 0.658. The average molecular weight is 211 g/mol. The lowest BCUT2D eigenvalue weighted by atomic mass is 9.79. The summed E-state index contributed by atoms with van der Waals surface area (Å²) in [5.74, 6) is 0.492. The third kappa shape index (κ3) is 1.84. The van der Waals surface area contributed by atoms with Crippen molar-refractivity contribution < 1.29 is 9.84 Å². The highest BCUT2D eigenvalue weighted by atomic mass is 16.5. The summed E-state index contributed by atoms with van der Waals surface area (Å²) in [5.41, 5.74) is -0.126. The molecule has 2 aliphatic rings. The van der Waals surface area contributed by atoms with E-state index >= 15 is 0 Å². The smallest absolute Gasteiger partial charge is 0.0999 e. The van der Waals surface area contributed by atoms with Crippen molar-refractivity contribution in [1.82, 2.24) is 4.90 Å². The van der Waals surface area contributed by atoms with E-state index in [0.717, 1.165) is 13.0 Å². The Morgan fingerprint density at radius 2 is 2.27 bits per heavy atom. The van der Waals surface area contributed by atoms with E-state index in [1.807, 2.05) is 6.08 Å². The number of ether oxygens (including phenoxy) is 1. The summed E-state index contributed by atoms with van der Waals surface area (Å²) in [6.07, 6.45) is 5.11. The normalized spacial score (nSPS) is 46.5. The maximum atomic E-state index is 9.10. The zero-order valence-electron chi connectivity index (χ0n) is 9.81. The highest BCUT2D eigenvalue weighted by molar-refractivity contribution is 5.16. The lowest BCUT2D eigenvalue weighted by Crippen LogP contribution is -2.53. The molecule has 0 radical (unpaired) electrons. The van der Waals surface area contributed by atoms with Crippen LogP contribution < -0.4 is 0 Å². The van der Waals surface area contributed by atoms with Crippen LogP contribution in [0.4, 0.5) is 0 Å². The van der Waals surface area contributed by atoms with Crippen LogP contribution in [0.25, 0.3) is 0 Å². The first-order valence-corrected chi connectivity index (χ1v) is 5.75. The Bertz CT molecular complexity index is 266. The third-order valence-electron chi connectivity index (χ3n) is 3.91. The number of aliphatic hydroxyl groups is 1. The standard InChI is InChI=1S/C12H21NO2/c1-9-7-13(3)10(2)6-12(9)5-4-11(8-14)15-12/h4-5,9-11,14H,6-8H2,1-3H3/t9-,10+,11?,12-/m0/s1. The summed E-state index contributed by atoms with van der Waals surface area (Å²) in [6, 6.07) is 0.545. The van der Waals surface area contributed by atoms with Crippen LogP contribution in [0.1, 0.15) is 20.3 Å². The molecule has 0 amide bonds. The number of hydrogen-bond acceptors (Lipinski definition) is 3. The molecule has 86 valence electrons. The third-order valence-corrected chi connectivity index (χ3v) is 3.91. The molecule has 0 saturated carbocycles. The second kappa shape index (κ2) is 3.89. The summed E-state index contributed by atoms with van der Waals surface area (Å²) in [7, 11) is 2.16. The Hall–Kier alpha value is -0.380. The molecule has 3 heteroatoms. The van der Waals surface area contributed by atoms with Gasteiger partial charge >= 0.3 is 0 Å². The Labute approximate surface area is 91.7 Å². The second-order valence-corrected chi connectivity index (χ2v) is 5.05. The number of nitrogens with zero attached hydrogens (tertiary/aromatic N) is 1. The van der Waals surface area contributed by atoms with E-state index in [0.29, 0.717) is 12.0 Å². The summed E-state index contributed by atoms with van der Waals surface area (Å²) in [6.45, 7) is 5.61. The fourth-order valence-corrected chi connectivity index (χ4v) is 2.71. The number of aliphatic hydroxyl groups excluding tert-OH is 1. The molecule has 0 aromatic rings.